The van der Waals surface area contributed by atoms with Crippen LogP contribution in [0.4, 0.5) is 0 Å². The van der Waals surface area contributed by atoms with Gasteiger partial charge in [-0.05, 0) is 42.5 Å². The molecular weight excluding hydrogens is 454 g/mol. The lowest BCUT2D eigenvalue weighted by molar-refractivity contribution is 0.0649. The first-order valence-corrected chi connectivity index (χ1v) is 10.9. The molecule has 1 amide bonds. The fourth-order valence-electron chi connectivity index (χ4n) is 3.19. The van der Waals surface area contributed by atoms with Gasteiger partial charge in [0.15, 0.2) is 9.84 Å². The second-order valence-corrected chi connectivity index (χ2v) is 10.0. The Balaban J connectivity index is 1.55. The maximum Gasteiger partial charge on any atom is 0.272 e. The van der Waals surface area contributed by atoms with Crippen molar-refractivity contribution in [3.8, 4) is 0 Å². The third-order valence-corrected chi connectivity index (χ3v) is 7.57. The lowest BCUT2D eigenvalue weighted by atomic mass is 10.1. The number of hydrogen-bond acceptors (Lipinski definition) is 4. The fourth-order valence-corrected chi connectivity index (χ4v) is 5.32. The van der Waals surface area contributed by atoms with Crippen LogP contribution in [0.2, 0.25) is 5.02 Å². The van der Waals surface area contributed by atoms with Crippen LogP contribution in [0.1, 0.15) is 10.5 Å². The zero-order valence-electron chi connectivity index (χ0n) is 14.3. The van der Waals surface area contributed by atoms with E-state index in [-0.39, 0.29) is 23.9 Å². The van der Waals surface area contributed by atoms with Crippen molar-refractivity contribution in [2.75, 3.05) is 13.1 Å². The van der Waals surface area contributed by atoms with E-state index in [4.69, 9.17) is 11.6 Å². The molecule has 4 rings (SSSR count). The molecule has 0 unspecified atom stereocenters. The third-order valence-electron chi connectivity index (χ3n) is 4.72. The number of rotatable bonds is 3. The Labute approximate surface area is 169 Å². The molecule has 1 fully saturated rings. The molecule has 0 spiro atoms. The minimum atomic E-state index is -3.49. The first kappa shape index (κ1) is 18.5. The number of sulfone groups is 1. The summed E-state index contributed by atoms with van der Waals surface area (Å²) in [7, 11) is -1.78. The van der Waals surface area contributed by atoms with Crippen LogP contribution in [0.15, 0.2) is 51.8 Å². The quantitative estimate of drug-likeness (QED) is 0.591. The molecule has 1 aliphatic heterocycles. The van der Waals surface area contributed by atoms with E-state index < -0.39 is 15.1 Å². The molecule has 1 aliphatic rings. The van der Waals surface area contributed by atoms with Crippen molar-refractivity contribution >= 4 is 54.2 Å². The van der Waals surface area contributed by atoms with E-state index in [9.17, 15) is 13.2 Å². The number of carbonyl (C=O) groups excluding carboxylic acids is 1. The van der Waals surface area contributed by atoms with Crippen molar-refractivity contribution in [1.29, 1.82) is 0 Å². The maximum atomic E-state index is 12.9. The van der Waals surface area contributed by atoms with Gasteiger partial charge in [0.2, 0.25) is 0 Å². The number of halogens is 2. The standard InChI is InChI=1S/C18H15BrClN3O3S/c1-22-17(15-7-2-11(19)8-16(15)21-22)18(24)23-9-14(10-23)27(25,26)13-5-3-12(20)4-6-13/h2-8,14H,9-10H2,1H3. The van der Waals surface area contributed by atoms with Crippen LogP contribution >= 0.6 is 27.5 Å². The number of hydrogen-bond donors (Lipinski definition) is 0. The molecule has 6 nitrogen and oxygen atoms in total. The van der Waals surface area contributed by atoms with Crippen molar-refractivity contribution in [3.63, 3.8) is 0 Å². The Morgan fingerprint density at radius 1 is 1.19 bits per heavy atom. The largest absolute Gasteiger partial charge is 0.335 e. The van der Waals surface area contributed by atoms with Crippen LogP contribution in [-0.4, -0.2) is 47.3 Å². The van der Waals surface area contributed by atoms with Crippen molar-refractivity contribution in [2.45, 2.75) is 10.1 Å². The number of amides is 1. The predicted molar refractivity (Wildman–Crippen MR) is 107 cm³/mol. The van der Waals surface area contributed by atoms with Crippen LogP contribution in [0.25, 0.3) is 10.9 Å². The molecule has 0 atom stereocenters. The third kappa shape index (κ3) is 3.15. The highest BCUT2D eigenvalue weighted by Crippen LogP contribution is 2.28. The van der Waals surface area contributed by atoms with Crippen LogP contribution in [-0.2, 0) is 16.9 Å². The minimum Gasteiger partial charge on any atom is -0.335 e. The molecular formula is C18H15BrClN3O3S. The molecule has 9 heteroatoms. The predicted octanol–water partition coefficient (Wildman–Crippen LogP) is 3.29. The van der Waals surface area contributed by atoms with E-state index in [1.807, 2.05) is 18.2 Å². The molecule has 0 radical (unpaired) electrons. The number of benzene rings is 2. The van der Waals surface area contributed by atoms with E-state index in [1.54, 1.807) is 23.9 Å². The Kier molecular flexibility index (Phi) is 4.52. The summed E-state index contributed by atoms with van der Waals surface area (Å²) in [5, 5.41) is 4.98. The number of carbonyl (C=O) groups is 1. The van der Waals surface area contributed by atoms with E-state index in [0.717, 1.165) is 9.86 Å². The number of likely N-dealkylation sites (tertiary alicyclic amines) is 1. The second kappa shape index (κ2) is 6.61. The van der Waals surface area contributed by atoms with Crippen molar-refractivity contribution < 1.29 is 13.2 Å². The number of aromatic nitrogens is 2. The first-order valence-electron chi connectivity index (χ1n) is 8.18. The van der Waals surface area contributed by atoms with E-state index in [1.165, 1.54) is 17.0 Å². The summed E-state index contributed by atoms with van der Waals surface area (Å²) >= 11 is 9.22. The van der Waals surface area contributed by atoms with E-state index in [2.05, 4.69) is 21.0 Å². The smallest absolute Gasteiger partial charge is 0.272 e. The molecule has 1 saturated heterocycles. The zero-order chi connectivity index (χ0) is 19.3. The topological polar surface area (TPSA) is 72.3 Å². The molecule has 2 aromatic carbocycles. The van der Waals surface area contributed by atoms with Gasteiger partial charge in [0.25, 0.3) is 5.91 Å². The zero-order valence-corrected chi connectivity index (χ0v) is 17.4. The Morgan fingerprint density at radius 2 is 1.85 bits per heavy atom. The highest BCUT2D eigenvalue weighted by Gasteiger charge is 2.41. The van der Waals surface area contributed by atoms with E-state index in [0.29, 0.717) is 16.2 Å². The highest BCUT2D eigenvalue weighted by molar-refractivity contribution is 9.10. The summed E-state index contributed by atoms with van der Waals surface area (Å²) in [4.78, 5) is 14.7. The summed E-state index contributed by atoms with van der Waals surface area (Å²) in [5.74, 6) is -0.218. The molecule has 2 heterocycles. The monoisotopic (exact) mass is 467 g/mol. The Hall–Kier alpha value is -1.90. The molecule has 1 aromatic heterocycles. The van der Waals surface area contributed by atoms with Crippen molar-refractivity contribution in [1.82, 2.24) is 14.7 Å². The maximum absolute atomic E-state index is 12.9. The molecule has 27 heavy (non-hydrogen) atoms. The van der Waals surface area contributed by atoms with Crippen molar-refractivity contribution in [3.05, 3.63) is 57.7 Å². The fraction of sp³-hybridized carbons (Fsp3) is 0.222. The Morgan fingerprint density at radius 3 is 2.52 bits per heavy atom. The van der Waals surface area contributed by atoms with Gasteiger partial charge < -0.3 is 4.90 Å². The molecule has 140 valence electrons. The van der Waals surface area contributed by atoms with Crippen LogP contribution < -0.4 is 0 Å². The minimum absolute atomic E-state index is 0.160. The molecule has 0 aliphatic carbocycles. The average molecular weight is 469 g/mol. The summed E-state index contributed by atoms with van der Waals surface area (Å²) < 4.78 is 27.8. The first-order chi connectivity index (χ1) is 12.8. The van der Waals surface area contributed by atoms with Gasteiger partial charge in [-0.15, -0.1) is 0 Å². The van der Waals surface area contributed by atoms with Gasteiger partial charge in [0, 0.05) is 35.0 Å². The van der Waals surface area contributed by atoms with Gasteiger partial charge in [0.05, 0.1) is 10.4 Å². The Bertz CT molecular complexity index is 1150. The number of nitrogens with zero attached hydrogens (tertiary/aromatic N) is 3. The van der Waals surface area contributed by atoms with Gasteiger partial charge in [-0.25, -0.2) is 8.42 Å². The molecule has 3 aromatic rings. The van der Waals surface area contributed by atoms with Crippen LogP contribution in [0.5, 0.6) is 0 Å². The van der Waals surface area contributed by atoms with Gasteiger partial charge in [-0.3, -0.25) is 9.48 Å². The lowest BCUT2D eigenvalue weighted by Crippen LogP contribution is -2.57. The highest BCUT2D eigenvalue weighted by atomic mass is 79.9. The summed E-state index contributed by atoms with van der Waals surface area (Å²) in [5.41, 5.74) is 1.17. The van der Waals surface area contributed by atoms with Gasteiger partial charge in [0.1, 0.15) is 10.9 Å². The molecule has 0 saturated carbocycles. The normalized spacial score (nSPS) is 15.1. The van der Waals surface area contributed by atoms with E-state index >= 15 is 0 Å². The van der Waals surface area contributed by atoms with Crippen LogP contribution in [0, 0.1) is 0 Å². The molecule has 0 bridgehead atoms. The van der Waals surface area contributed by atoms with Gasteiger partial charge in [-0.2, -0.15) is 5.10 Å². The van der Waals surface area contributed by atoms with Crippen LogP contribution in [0.3, 0.4) is 0 Å². The van der Waals surface area contributed by atoms with Crippen molar-refractivity contribution in [2.24, 2.45) is 7.05 Å². The lowest BCUT2D eigenvalue weighted by Gasteiger charge is -2.38. The SMILES string of the molecule is Cn1nc2cc(Br)ccc2c1C(=O)N1CC(S(=O)(=O)c2ccc(Cl)cc2)C1. The van der Waals surface area contributed by atoms with Gasteiger partial charge >= 0.3 is 0 Å². The molecule has 0 N–H and O–H groups in total. The average Bonchev–Trinajstić information content (AvgIpc) is 2.88. The number of fused-ring (bicyclic) bond motifs is 1. The van der Waals surface area contributed by atoms with Gasteiger partial charge in [-0.1, -0.05) is 27.5 Å². The second-order valence-electron chi connectivity index (χ2n) is 6.46. The summed E-state index contributed by atoms with van der Waals surface area (Å²) in [6.07, 6.45) is 0. The number of aryl methyl sites for hydroxylation is 1. The summed E-state index contributed by atoms with van der Waals surface area (Å²) in [6.45, 7) is 0.319. The summed E-state index contributed by atoms with van der Waals surface area (Å²) in [6, 6.07) is 11.6.